The van der Waals surface area contributed by atoms with Crippen molar-refractivity contribution in [3.8, 4) is 16.9 Å². The lowest BCUT2D eigenvalue weighted by Gasteiger charge is -2.39. The number of methoxy groups -OCH3 is 1. The molecule has 3 aromatic rings. The van der Waals surface area contributed by atoms with E-state index in [1.165, 1.54) is 17.8 Å². The molecule has 0 unspecified atom stereocenters. The van der Waals surface area contributed by atoms with Crippen LogP contribution in [-0.2, 0) is 4.79 Å². The molecule has 1 aromatic carbocycles. The lowest BCUT2D eigenvalue weighted by molar-refractivity contribution is -0.136. The van der Waals surface area contributed by atoms with E-state index in [2.05, 4.69) is 20.9 Å². The number of aliphatic hydroxyl groups is 1. The number of aromatic nitrogens is 2. The van der Waals surface area contributed by atoms with E-state index in [1.54, 1.807) is 19.4 Å². The number of amides is 1. The van der Waals surface area contributed by atoms with Gasteiger partial charge in [-0.25, -0.2) is 9.37 Å². The number of likely N-dealkylation sites (tertiary alicyclic amines) is 1. The van der Waals surface area contributed by atoms with Crippen LogP contribution in [0.2, 0.25) is 0 Å². The molecule has 3 heterocycles. The molecule has 36 heavy (non-hydrogen) atoms. The quantitative estimate of drug-likeness (QED) is 0.547. The predicted molar refractivity (Wildman–Crippen MR) is 135 cm³/mol. The number of hydrogen-bond acceptors (Lipinski definition) is 5. The van der Waals surface area contributed by atoms with Gasteiger partial charge in [0.05, 0.1) is 19.8 Å². The van der Waals surface area contributed by atoms with Crippen molar-refractivity contribution in [1.29, 1.82) is 0 Å². The Balaban J connectivity index is 1.14. The molecule has 190 valence electrons. The third kappa shape index (κ3) is 4.16. The lowest BCUT2D eigenvalue weighted by Crippen LogP contribution is -2.50. The van der Waals surface area contributed by atoms with E-state index in [0.717, 1.165) is 48.1 Å². The van der Waals surface area contributed by atoms with Crippen molar-refractivity contribution in [1.82, 2.24) is 19.8 Å². The van der Waals surface area contributed by atoms with Crippen molar-refractivity contribution in [2.75, 3.05) is 33.8 Å². The molecule has 0 radical (unpaired) electrons. The number of nitrogens with zero attached hydrogens (tertiary/aromatic N) is 3. The third-order valence-corrected chi connectivity index (χ3v) is 8.66. The average Bonchev–Trinajstić information content (AvgIpc) is 3.54. The molecular formula is C28H33FN4O3. The molecule has 2 N–H and O–H groups in total. The predicted octanol–water partition coefficient (Wildman–Crippen LogP) is 3.78. The second-order valence-electron chi connectivity index (χ2n) is 10.9. The highest BCUT2D eigenvalue weighted by Crippen LogP contribution is 2.47. The molecule has 2 aliphatic carbocycles. The largest absolute Gasteiger partial charge is 0.496 e. The molecule has 1 saturated heterocycles. The molecule has 2 aromatic heterocycles. The number of aromatic amines is 1. The maximum atomic E-state index is 14.1. The summed E-state index contributed by atoms with van der Waals surface area (Å²) in [5.41, 5.74) is 3.62. The Bertz CT molecular complexity index is 1270. The molecule has 7 nitrogen and oxygen atoms in total. The Morgan fingerprint density at radius 1 is 1.17 bits per heavy atom. The second-order valence-corrected chi connectivity index (χ2v) is 10.9. The third-order valence-electron chi connectivity index (χ3n) is 8.66. The number of aliphatic hydroxyl groups excluding tert-OH is 1. The van der Waals surface area contributed by atoms with Crippen molar-refractivity contribution < 1.29 is 19.0 Å². The normalized spacial score (nSPS) is 27.7. The van der Waals surface area contributed by atoms with E-state index in [1.807, 2.05) is 18.0 Å². The van der Waals surface area contributed by atoms with Crippen LogP contribution in [0.1, 0.15) is 37.3 Å². The zero-order valence-corrected chi connectivity index (χ0v) is 20.8. The van der Waals surface area contributed by atoms with Crippen LogP contribution in [0, 0.1) is 17.7 Å². The van der Waals surface area contributed by atoms with Gasteiger partial charge in [-0.3, -0.25) is 9.69 Å². The summed E-state index contributed by atoms with van der Waals surface area (Å²) in [6.07, 6.45) is 5.07. The summed E-state index contributed by atoms with van der Waals surface area (Å²) in [4.78, 5) is 24.9. The van der Waals surface area contributed by atoms with Crippen LogP contribution >= 0.6 is 0 Å². The minimum absolute atomic E-state index is 0.158. The van der Waals surface area contributed by atoms with Crippen molar-refractivity contribution in [2.24, 2.45) is 11.8 Å². The first-order chi connectivity index (χ1) is 17.4. The molecule has 2 saturated carbocycles. The van der Waals surface area contributed by atoms with Crippen LogP contribution < -0.4 is 4.74 Å². The first kappa shape index (κ1) is 23.4. The number of rotatable bonds is 6. The van der Waals surface area contributed by atoms with E-state index in [4.69, 9.17) is 4.74 Å². The minimum Gasteiger partial charge on any atom is -0.496 e. The maximum absolute atomic E-state index is 14.1. The smallest absolute Gasteiger partial charge is 0.236 e. The lowest BCUT2D eigenvalue weighted by atomic mass is 9.88. The highest BCUT2D eigenvalue weighted by Gasteiger charge is 2.43. The number of carbonyl (C=O) groups excluding carboxylic acids is 1. The van der Waals surface area contributed by atoms with Crippen LogP contribution in [0.25, 0.3) is 22.2 Å². The standard InChI is InChI=1S/C28H33FN4O3/c1-32(20-10-21(34)11-20)27(35)15-33-13-17-7-16(8-18(17)14-33)25-12-24-22(5-6-30-28(24)31-25)23-9-19(29)3-4-26(23)36-2/h3-6,9,12,16-18,20-21,34H,7-8,10-11,13-15H2,1-2H3,(H,30,31)/t16-,17-,18+,20?,21?. The van der Waals surface area contributed by atoms with Crippen LogP contribution in [-0.4, -0.2) is 76.7 Å². The molecule has 0 spiro atoms. The number of carbonyl (C=O) groups is 1. The summed E-state index contributed by atoms with van der Waals surface area (Å²) in [7, 11) is 3.46. The van der Waals surface area contributed by atoms with Gasteiger partial charge in [-0.15, -0.1) is 0 Å². The van der Waals surface area contributed by atoms with Gasteiger partial charge in [0.25, 0.3) is 0 Å². The van der Waals surface area contributed by atoms with E-state index in [0.29, 0.717) is 42.9 Å². The number of benzene rings is 1. The fourth-order valence-electron chi connectivity index (χ4n) is 6.55. The highest BCUT2D eigenvalue weighted by atomic mass is 19.1. The van der Waals surface area contributed by atoms with Gasteiger partial charge in [-0.2, -0.15) is 0 Å². The molecule has 8 heteroatoms. The fourth-order valence-corrected chi connectivity index (χ4v) is 6.55. The summed E-state index contributed by atoms with van der Waals surface area (Å²) >= 11 is 0. The molecule has 3 aliphatic rings. The Morgan fingerprint density at radius 3 is 2.61 bits per heavy atom. The van der Waals surface area contributed by atoms with Gasteiger partial charge in [-0.05, 0) is 79.3 Å². The summed E-state index contributed by atoms with van der Waals surface area (Å²) < 4.78 is 19.6. The van der Waals surface area contributed by atoms with Crippen molar-refractivity contribution in [2.45, 2.75) is 43.7 Å². The van der Waals surface area contributed by atoms with Crippen LogP contribution in [0.3, 0.4) is 0 Å². The van der Waals surface area contributed by atoms with Gasteiger partial charge >= 0.3 is 0 Å². The zero-order chi connectivity index (χ0) is 25.0. The fraction of sp³-hybridized carbons (Fsp3) is 0.500. The summed E-state index contributed by atoms with van der Waals surface area (Å²) in [5, 5.41) is 10.5. The Morgan fingerprint density at radius 2 is 1.92 bits per heavy atom. The zero-order valence-electron chi connectivity index (χ0n) is 20.8. The molecule has 1 amide bonds. The number of likely N-dealkylation sites (N-methyl/N-ethyl adjacent to an activating group) is 1. The van der Waals surface area contributed by atoms with E-state index in [9.17, 15) is 14.3 Å². The second kappa shape index (κ2) is 9.16. The van der Waals surface area contributed by atoms with Gasteiger partial charge < -0.3 is 19.7 Å². The van der Waals surface area contributed by atoms with E-state index < -0.39 is 0 Å². The monoisotopic (exact) mass is 492 g/mol. The molecule has 0 bridgehead atoms. The number of ether oxygens (including phenoxy) is 1. The number of halogens is 1. The van der Waals surface area contributed by atoms with Gasteiger partial charge in [0.15, 0.2) is 0 Å². The molecule has 6 rings (SSSR count). The molecule has 3 fully saturated rings. The number of hydrogen-bond donors (Lipinski definition) is 2. The summed E-state index contributed by atoms with van der Waals surface area (Å²) in [6, 6.07) is 8.86. The molecule has 1 aliphatic heterocycles. The first-order valence-corrected chi connectivity index (χ1v) is 12.9. The van der Waals surface area contributed by atoms with Crippen LogP contribution in [0.5, 0.6) is 5.75 Å². The first-order valence-electron chi connectivity index (χ1n) is 12.9. The van der Waals surface area contributed by atoms with E-state index in [-0.39, 0.29) is 23.9 Å². The van der Waals surface area contributed by atoms with Crippen molar-refractivity contribution in [3.63, 3.8) is 0 Å². The Labute approximate surface area is 210 Å². The average molecular weight is 493 g/mol. The highest BCUT2D eigenvalue weighted by molar-refractivity contribution is 5.95. The topological polar surface area (TPSA) is 81.7 Å². The van der Waals surface area contributed by atoms with Crippen molar-refractivity contribution in [3.05, 3.63) is 48.0 Å². The molecular weight excluding hydrogens is 459 g/mol. The molecule has 3 atom stereocenters. The Hall–Kier alpha value is -2.97. The Kier molecular flexibility index (Phi) is 5.96. The number of H-pyrrole nitrogens is 1. The van der Waals surface area contributed by atoms with Gasteiger partial charge in [0.2, 0.25) is 5.91 Å². The number of fused-ring (bicyclic) bond motifs is 2. The number of pyridine rings is 1. The summed E-state index contributed by atoms with van der Waals surface area (Å²) in [5.74, 6) is 2.09. The van der Waals surface area contributed by atoms with Crippen LogP contribution in [0.4, 0.5) is 4.39 Å². The summed E-state index contributed by atoms with van der Waals surface area (Å²) in [6.45, 7) is 2.38. The van der Waals surface area contributed by atoms with Gasteiger partial charge in [-0.1, -0.05) is 0 Å². The van der Waals surface area contributed by atoms with Crippen LogP contribution in [0.15, 0.2) is 36.5 Å². The minimum atomic E-state index is -0.297. The maximum Gasteiger partial charge on any atom is 0.236 e. The van der Waals surface area contributed by atoms with E-state index >= 15 is 0 Å². The SMILES string of the molecule is COc1ccc(F)cc1-c1ccnc2[nH]c([C@@H]3C[C@@H]4CN(CC(=O)N(C)C5CC(O)C5)C[C@@H]4C3)cc12. The number of nitrogens with one attached hydrogen (secondary N) is 1. The van der Waals surface area contributed by atoms with Crippen molar-refractivity contribution >= 4 is 16.9 Å². The van der Waals surface area contributed by atoms with Gasteiger partial charge in [0.1, 0.15) is 17.2 Å². The van der Waals surface area contributed by atoms with Gasteiger partial charge in [0, 0.05) is 49.0 Å².